The van der Waals surface area contributed by atoms with Crippen LogP contribution in [-0.4, -0.2) is 23.4 Å². The van der Waals surface area contributed by atoms with Gasteiger partial charge in [0, 0.05) is 24.8 Å². The fourth-order valence-electron chi connectivity index (χ4n) is 2.06. The molecule has 4 heteroatoms. The summed E-state index contributed by atoms with van der Waals surface area (Å²) in [5, 5.41) is 21.9. The van der Waals surface area contributed by atoms with Crippen LogP contribution in [0.2, 0.25) is 0 Å². The predicted octanol–water partition coefficient (Wildman–Crippen LogP) is 2.98. The maximum absolute atomic E-state index is 13.2. The van der Waals surface area contributed by atoms with E-state index in [2.05, 4.69) is 19.2 Å². The molecule has 0 aliphatic heterocycles. The van der Waals surface area contributed by atoms with Crippen LogP contribution in [0.15, 0.2) is 18.2 Å². The molecule has 0 saturated carbocycles. The minimum absolute atomic E-state index is 0.0555. The van der Waals surface area contributed by atoms with Crippen molar-refractivity contribution in [1.82, 2.24) is 5.32 Å². The summed E-state index contributed by atoms with van der Waals surface area (Å²) < 4.78 is 13.2. The zero-order chi connectivity index (χ0) is 14.5. The maximum atomic E-state index is 13.2. The summed E-state index contributed by atoms with van der Waals surface area (Å²) >= 11 is 0. The number of nitrogens with one attached hydrogen (secondary N) is 1. The van der Waals surface area contributed by atoms with Gasteiger partial charge in [-0.25, -0.2) is 4.39 Å². The number of halogens is 1. The van der Waals surface area contributed by atoms with Crippen LogP contribution in [0, 0.1) is 11.2 Å². The van der Waals surface area contributed by atoms with Crippen molar-refractivity contribution < 1.29 is 14.6 Å². The Morgan fingerprint density at radius 2 is 2.05 bits per heavy atom. The average Bonchev–Trinajstić information content (AvgIpc) is 2.36. The standard InChI is InChI=1S/C15H24FNO2/c1-11(13-9-12(16)5-6-14(13)19)17-10-15(2,3)7-4-8-18/h5-6,9,11,17-19H,4,7-8,10H2,1-3H3. The van der Waals surface area contributed by atoms with E-state index in [-0.39, 0.29) is 29.6 Å². The molecule has 0 fully saturated rings. The highest BCUT2D eigenvalue weighted by molar-refractivity contribution is 5.34. The van der Waals surface area contributed by atoms with E-state index < -0.39 is 0 Å². The molecule has 19 heavy (non-hydrogen) atoms. The third-order valence-corrected chi connectivity index (χ3v) is 3.35. The first kappa shape index (κ1) is 15.9. The number of benzene rings is 1. The molecule has 0 bridgehead atoms. The van der Waals surface area contributed by atoms with Crippen LogP contribution in [0.25, 0.3) is 0 Å². The highest BCUT2D eigenvalue weighted by atomic mass is 19.1. The van der Waals surface area contributed by atoms with Crippen LogP contribution >= 0.6 is 0 Å². The minimum atomic E-state index is -0.346. The number of phenols is 1. The lowest BCUT2D eigenvalue weighted by Crippen LogP contribution is -2.31. The van der Waals surface area contributed by atoms with Gasteiger partial charge in [0.2, 0.25) is 0 Å². The topological polar surface area (TPSA) is 52.5 Å². The maximum Gasteiger partial charge on any atom is 0.123 e. The van der Waals surface area contributed by atoms with Crippen molar-refractivity contribution in [1.29, 1.82) is 0 Å². The Bertz CT molecular complexity index is 407. The largest absolute Gasteiger partial charge is 0.508 e. The molecule has 1 aromatic carbocycles. The summed E-state index contributed by atoms with van der Waals surface area (Å²) in [7, 11) is 0. The van der Waals surface area contributed by atoms with E-state index in [9.17, 15) is 9.50 Å². The molecule has 0 heterocycles. The summed E-state index contributed by atoms with van der Waals surface area (Å²) in [6.07, 6.45) is 1.69. The fraction of sp³-hybridized carbons (Fsp3) is 0.600. The molecule has 108 valence electrons. The molecule has 0 radical (unpaired) electrons. The first-order valence-corrected chi connectivity index (χ1v) is 6.68. The second-order valence-corrected chi connectivity index (χ2v) is 5.80. The van der Waals surface area contributed by atoms with E-state index >= 15 is 0 Å². The summed E-state index contributed by atoms with van der Waals surface area (Å²) in [4.78, 5) is 0. The van der Waals surface area contributed by atoms with Crippen molar-refractivity contribution in [3.8, 4) is 5.75 Å². The van der Waals surface area contributed by atoms with Gasteiger partial charge in [0.25, 0.3) is 0 Å². The van der Waals surface area contributed by atoms with Gasteiger partial charge in [0.1, 0.15) is 11.6 Å². The van der Waals surface area contributed by atoms with Crippen LogP contribution in [0.3, 0.4) is 0 Å². The molecule has 0 spiro atoms. The predicted molar refractivity (Wildman–Crippen MR) is 74.6 cm³/mol. The summed E-state index contributed by atoms with van der Waals surface area (Å²) in [5.74, 6) is -0.240. The summed E-state index contributed by atoms with van der Waals surface area (Å²) in [6.45, 7) is 7.08. The highest BCUT2D eigenvalue weighted by Gasteiger charge is 2.19. The first-order chi connectivity index (χ1) is 8.85. The van der Waals surface area contributed by atoms with E-state index in [1.807, 2.05) is 6.92 Å². The zero-order valence-electron chi connectivity index (χ0n) is 11.9. The van der Waals surface area contributed by atoms with Crippen molar-refractivity contribution in [2.24, 2.45) is 5.41 Å². The van der Waals surface area contributed by atoms with E-state index in [1.54, 1.807) is 0 Å². The molecule has 3 N–H and O–H groups in total. The number of phenolic OH excluding ortho intramolecular Hbond substituents is 1. The molecule has 1 unspecified atom stereocenters. The van der Waals surface area contributed by atoms with Gasteiger partial charge in [-0.1, -0.05) is 13.8 Å². The van der Waals surface area contributed by atoms with E-state index in [4.69, 9.17) is 5.11 Å². The van der Waals surface area contributed by atoms with Crippen LogP contribution in [-0.2, 0) is 0 Å². The van der Waals surface area contributed by atoms with E-state index in [0.717, 1.165) is 19.4 Å². The van der Waals surface area contributed by atoms with Crippen molar-refractivity contribution in [3.63, 3.8) is 0 Å². The van der Waals surface area contributed by atoms with Crippen molar-refractivity contribution >= 4 is 0 Å². The molecule has 0 aliphatic carbocycles. The lowest BCUT2D eigenvalue weighted by Gasteiger charge is -2.27. The van der Waals surface area contributed by atoms with Crippen molar-refractivity contribution in [2.75, 3.05) is 13.2 Å². The number of hydrogen-bond acceptors (Lipinski definition) is 3. The highest BCUT2D eigenvalue weighted by Crippen LogP contribution is 2.27. The molecule has 1 atom stereocenters. The SMILES string of the molecule is CC(NCC(C)(C)CCCO)c1cc(F)ccc1O. The monoisotopic (exact) mass is 269 g/mol. The summed E-state index contributed by atoms with van der Waals surface area (Å²) in [6, 6.07) is 3.86. The van der Waals surface area contributed by atoms with Gasteiger partial charge in [-0.3, -0.25) is 0 Å². The Morgan fingerprint density at radius 1 is 1.37 bits per heavy atom. The second-order valence-electron chi connectivity index (χ2n) is 5.80. The number of aromatic hydroxyl groups is 1. The van der Waals surface area contributed by atoms with Gasteiger partial charge in [-0.2, -0.15) is 0 Å². The molecule has 0 aliphatic rings. The van der Waals surface area contributed by atoms with Gasteiger partial charge < -0.3 is 15.5 Å². The number of aliphatic hydroxyl groups excluding tert-OH is 1. The molecule has 1 aromatic rings. The Hall–Kier alpha value is -1.13. The van der Waals surface area contributed by atoms with Crippen LogP contribution in [0.5, 0.6) is 5.75 Å². The van der Waals surface area contributed by atoms with Gasteiger partial charge >= 0.3 is 0 Å². The van der Waals surface area contributed by atoms with Crippen molar-refractivity contribution in [3.05, 3.63) is 29.6 Å². The van der Waals surface area contributed by atoms with Crippen LogP contribution in [0.1, 0.15) is 45.2 Å². The molecule has 0 aromatic heterocycles. The van der Waals surface area contributed by atoms with E-state index in [1.165, 1.54) is 18.2 Å². The molecular formula is C15H24FNO2. The molecular weight excluding hydrogens is 245 g/mol. The van der Waals surface area contributed by atoms with Crippen LogP contribution < -0.4 is 5.32 Å². The number of rotatable bonds is 7. The van der Waals surface area contributed by atoms with Crippen LogP contribution in [0.4, 0.5) is 4.39 Å². The third-order valence-electron chi connectivity index (χ3n) is 3.35. The lowest BCUT2D eigenvalue weighted by atomic mass is 9.87. The smallest absolute Gasteiger partial charge is 0.123 e. The number of aliphatic hydroxyl groups is 1. The minimum Gasteiger partial charge on any atom is -0.508 e. The first-order valence-electron chi connectivity index (χ1n) is 6.68. The lowest BCUT2D eigenvalue weighted by molar-refractivity contribution is 0.232. The van der Waals surface area contributed by atoms with Gasteiger partial charge in [0.05, 0.1) is 0 Å². The summed E-state index contributed by atoms with van der Waals surface area (Å²) in [5.41, 5.74) is 0.623. The average molecular weight is 269 g/mol. The Kier molecular flexibility index (Phi) is 5.76. The van der Waals surface area contributed by atoms with Gasteiger partial charge in [0.15, 0.2) is 0 Å². The fourth-order valence-corrected chi connectivity index (χ4v) is 2.06. The zero-order valence-corrected chi connectivity index (χ0v) is 11.9. The Labute approximate surface area is 114 Å². The molecule has 3 nitrogen and oxygen atoms in total. The quantitative estimate of drug-likeness (QED) is 0.713. The molecule has 0 amide bonds. The van der Waals surface area contributed by atoms with Gasteiger partial charge in [-0.05, 0) is 43.4 Å². The third kappa shape index (κ3) is 5.17. The molecule has 1 rings (SSSR count). The molecule has 0 saturated heterocycles. The van der Waals surface area contributed by atoms with Crippen molar-refractivity contribution in [2.45, 2.75) is 39.7 Å². The Morgan fingerprint density at radius 3 is 2.68 bits per heavy atom. The number of hydrogen-bond donors (Lipinski definition) is 3. The Balaban J connectivity index is 2.59. The normalized spacial score (nSPS) is 13.5. The van der Waals surface area contributed by atoms with E-state index in [0.29, 0.717) is 5.56 Å². The second kappa shape index (κ2) is 6.87. The van der Waals surface area contributed by atoms with Gasteiger partial charge in [-0.15, -0.1) is 0 Å².